The average molecular weight is 152 g/mol. The molecule has 0 aromatic rings. The molecule has 0 aliphatic heterocycles. The van der Waals surface area contributed by atoms with Gasteiger partial charge in [-0.15, -0.1) is 11.8 Å². The van der Waals surface area contributed by atoms with Gasteiger partial charge < -0.3 is 5.11 Å². The van der Waals surface area contributed by atoms with Gasteiger partial charge in [0.2, 0.25) is 0 Å². The van der Waals surface area contributed by atoms with E-state index in [0.717, 1.165) is 19.3 Å². The number of aliphatic hydroxyl groups excluding tert-OH is 1. The fourth-order valence-electron chi connectivity index (χ4n) is 1.69. The smallest absolute Gasteiger partial charge is 0.0543 e. The van der Waals surface area contributed by atoms with Crippen LogP contribution in [0.2, 0.25) is 0 Å². The highest BCUT2D eigenvalue weighted by Crippen LogP contribution is 2.26. The van der Waals surface area contributed by atoms with Crippen LogP contribution in [0.25, 0.3) is 0 Å². The van der Waals surface area contributed by atoms with Crippen molar-refractivity contribution in [1.29, 1.82) is 0 Å². The first-order chi connectivity index (χ1) is 5.33. The van der Waals surface area contributed by atoms with Gasteiger partial charge in [-0.2, -0.15) is 0 Å². The molecule has 0 heterocycles. The van der Waals surface area contributed by atoms with E-state index in [2.05, 4.69) is 11.8 Å². The monoisotopic (exact) mass is 152 g/mol. The third kappa shape index (κ3) is 2.95. The predicted molar refractivity (Wildman–Crippen MR) is 46.0 cm³/mol. The van der Waals surface area contributed by atoms with Crippen molar-refractivity contribution in [2.45, 2.75) is 45.1 Å². The van der Waals surface area contributed by atoms with Crippen LogP contribution in [0.3, 0.4) is 0 Å². The van der Waals surface area contributed by atoms with Gasteiger partial charge in [0.15, 0.2) is 0 Å². The Morgan fingerprint density at radius 3 is 2.91 bits per heavy atom. The Labute approximate surface area is 68.8 Å². The standard InChI is InChI=1S/C10H16O/c1-2-3-5-9-6-4-7-10(11)8-9/h9-11H,4-8H2,1H3. The summed E-state index contributed by atoms with van der Waals surface area (Å²) in [5.74, 6) is 6.63. The number of rotatable bonds is 1. The first-order valence-electron chi connectivity index (χ1n) is 4.40. The number of hydrogen-bond acceptors (Lipinski definition) is 1. The normalized spacial score (nSPS) is 30.7. The molecule has 0 bridgehead atoms. The maximum absolute atomic E-state index is 9.33. The lowest BCUT2D eigenvalue weighted by Crippen LogP contribution is -2.18. The molecule has 11 heavy (non-hydrogen) atoms. The van der Waals surface area contributed by atoms with Gasteiger partial charge >= 0.3 is 0 Å². The Morgan fingerprint density at radius 1 is 1.45 bits per heavy atom. The zero-order valence-corrected chi connectivity index (χ0v) is 7.14. The van der Waals surface area contributed by atoms with Crippen LogP contribution >= 0.6 is 0 Å². The average Bonchev–Trinajstić information content (AvgIpc) is 2.01. The van der Waals surface area contributed by atoms with Crippen LogP contribution in [0.4, 0.5) is 0 Å². The largest absolute Gasteiger partial charge is 0.393 e. The molecule has 0 aromatic carbocycles. The zero-order valence-electron chi connectivity index (χ0n) is 7.14. The summed E-state index contributed by atoms with van der Waals surface area (Å²) in [7, 11) is 0. The second-order valence-electron chi connectivity index (χ2n) is 3.32. The second kappa shape index (κ2) is 4.41. The van der Waals surface area contributed by atoms with Gasteiger partial charge in [0.1, 0.15) is 0 Å². The van der Waals surface area contributed by atoms with Crippen molar-refractivity contribution in [3.05, 3.63) is 0 Å². The molecule has 1 heteroatoms. The van der Waals surface area contributed by atoms with Crippen LogP contribution in [-0.2, 0) is 0 Å². The van der Waals surface area contributed by atoms with Crippen molar-refractivity contribution < 1.29 is 5.11 Å². The minimum Gasteiger partial charge on any atom is -0.393 e. The van der Waals surface area contributed by atoms with Gasteiger partial charge in [0, 0.05) is 6.42 Å². The van der Waals surface area contributed by atoms with E-state index in [1.54, 1.807) is 0 Å². The number of aliphatic hydroxyl groups is 1. The molecular weight excluding hydrogens is 136 g/mol. The molecule has 0 amide bonds. The number of hydrogen-bond donors (Lipinski definition) is 1. The molecule has 62 valence electrons. The van der Waals surface area contributed by atoms with E-state index in [9.17, 15) is 5.11 Å². The lowest BCUT2D eigenvalue weighted by atomic mass is 9.85. The Morgan fingerprint density at radius 2 is 2.27 bits per heavy atom. The summed E-state index contributed by atoms with van der Waals surface area (Å²) in [6.45, 7) is 1.87. The third-order valence-corrected chi connectivity index (χ3v) is 2.32. The van der Waals surface area contributed by atoms with Crippen LogP contribution in [0, 0.1) is 17.8 Å². The van der Waals surface area contributed by atoms with E-state index in [0.29, 0.717) is 5.92 Å². The van der Waals surface area contributed by atoms with E-state index in [-0.39, 0.29) is 6.10 Å². The molecule has 0 saturated heterocycles. The highest BCUT2D eigenvalue weighted by atomic mass is 16.3. The second-order valence-corrected chi connectivity index (χ2v) is 3.32. The third-order valence-electron chi connectivity index (χ3n) is 2.32. The Balaban J connectivity index is 2.26. The van der Waals surface area contributed by atoms with E-state index < -0.39 is 0 Å². The molecule has 1 saturated carbocycles. The molecule has 2 unspecified atom stereocenters. The van der Waals surface area contributed by atoms with Gasteiger partial charge in [-0.05, 0) is 32.1 Å². The first-order valence-corrected chi connectivity index (χ1v) is 4.40. The summed E-state index contributed by atoms with van der Waals surface area (Å²) in [6.07, 6.45) is 5.33. The Hall–Kier alpha value is -0.480. The van der Waals surface area contributed by atoms with E-state index in [4.69, 9.17) is 0 Å². The van der Waals surface area contributed by atoms with Gasteiger partial charge in [0.25, 0.3) is 0 Å². The van der Waals surface area contributed by atoms with E-state index in [1.165, 1.54) is 12.8 Å². The van der Waals surface area contributed by atoms with Crippen LogP contribution in [0.15, 0.2) is 0 Å². The summed E-state index contributed by atoms with van der Waals surface area (Å²) in [4.78, 5) is 0. The molecule has 0 radical (unpaired) electrons. The predicted octanol–water partition coefficient (Wildman–Crippen LogP) is 1.95. The van der Waals surface area contributed by atoms with Crippen molar-refractivity contribution in [2.24, 2.45) is 5.92 Å². The lowest BCUT2D eigenvalue weighted by Gasteiger charge is -2.23. The summed E-state index contributed by atoms with van der Waals surface area (Å²) in [5, 5.41) is 9.33. The van der Waals surface area contributed by atoms with Crippen LogP contribution < -0.4 is 0 Å². The van der Waals surface area contributed by atoms with Crippen molar-refractivity contribution in [1.82, 2.24) is 0 Å². The first kappa shape index (κ1) is 8.62. The lowest BCUT2D eigenvalue weighted by molar-refractivity contribution is 0.102. The summed E-state index contributed by atoms with van der Waals surface area (Å²) in [6, 6.07) is 0. The Bertz CT molecular complexity index is 163. The van der Waals surface area contributed by atoms with Crippen LogP contribution in [-0.4, -0.2) is 11.2 Å². The van der Waals surface area contributed by atoms with Crippen LogP contribution in [0.5, 0.6) is 0 Å². The minimum absolute atomic E-state index is 0.0487. The Kier molecular flexibility index (Phi) is 3.45. The van der Waals surface area contributed by atoms with Gasteiger partial charge in [-0.25, -0.2) is 0 Å². The van der Waals surface area contributed by atoms with Gasteiger partial charge in [-0.1, -0.05) is 6.42 Å². The molecule has 1 N–H and O–H groups in total. The van der Waals surface area contributed by atoms with Crippen molar-refractivity contribution >= 4 is 0 Å². The minimum atomic E-state index is -0.0487. The highest BCUT2D eigenvalue weighted by Gasteiger charge is 2.18. The topological polar surface area (TPSA) is 20.2 Å². The molecule has 0 aromatic heterocycles. The summed E-state index contributed by atoms with van der Waals surface area (Å²) in [5.41, 5.74) is 0. The molecule has 1 rings (SSSR count). The molecule has 1 fully saturated rings. The molecular formula is C10H16O. The summed E-state index contributed by atoms with van der Waals surface area (Å²) < 4.78 is 0. The maximum atomic E-state index is 9.33. The van der Waals surface area contributed by atoms with Crippen molar-refractivity contribution in [3.8, 4) is 11.8 Å². The maximum Gasteiger partial charge on any atom is 0.0543 e. The van der Waals surface area contributed by atoms with Gasteiger partial charge in [0.05, 0.1) is 6.10 Å². The molecule has 1 nitrogen and oxygen atoms in total. The fraction of sp³-hybridized carbons (Fsp3) is 0.800. The van der Waals surface area contributed by atoms with Crippen molar-refractivity contribution in [2.75, 3.05) is 0 Å². The van der Waals surface area contributed by atoms with E-state index >= 15 is 0 Å². The van der Waals surface area contributed by atoms with Gasteiger partial charge in [-0.3, -0.25) is 0 Å². The molecule has 1 aliphatic carbocycles. The molecule has 2 atom stereocenters. The van der Waals surface area contributed by atoms with E-state index in [1.807, 2.05) is 6.92 Å². The molecule has 1 aliphatic rings. The molecule has 0 spiro atoms. The fourth-order valence-corrected chi connectivity index (χ4v) is 1.69. The van der Waals surface area contributed by atoms with Crippen LogP contribution in [0.1, 0.15) is 39.0 Å². The summed E-state index contributed by atoms with van der Waals surface area (Å²) >= 11 is 0. The SMILES string of the molecule is CC#CCC1CCCC(O)C1. The van der Waals surface area contributed by atoms with Crippen molar-refractivity contribution in [3.63, 3.8) is 0 Å². The zero-order chi connectivity index (χ0) is 8.10. The quantitative estimate of drug-likeness (QED) is 0.569. The highest BCUT2D eigenvalue weighted by molar-refractivity contribution is 4.97.